The zero-order chi connectivity index (χ0) is 22.6. The summed E-state index contributed by atoms with van der Waals surface area (Å²) in [6.45, 7) is -0.401. The predicted molar refractivity (Wildman–Crippen MR) is 129 cm³/mol. The van der Waals surface area contributed by atoms with E-state index in [1.54, 1.807) is 0 Å². The summed E-state index contributed by atoms with van der Waals surface area (Å²) in [5.41, 5.74) is 0.887. The van der Waals surface area contributed by atoms with E-state index >= 15 is 0 Å². The number of fused-ring (bicyclic) bond motifs is 1. The van der Waals surface area contributed by atoms with Crippen LogP contribution in [0.4, 0.5) is 0 Å². The van der Waals surface area contributed by atoms with E-state index in [9.17, 15) is 14.7 Å². The van der Waals surface area contributed by atoms with Crippen LogP contribution in [0.15, 0.2) is 42.5 Å². The highest BCUT2D eigenvalue weighted by molar-refractivity contribution is 5.89. The number of amides is 2. The fourth-order valence-electron chi connectivity index (χ4n) is 4.58. The van der Waals surface area contributed by atoms with Gasteiger partial charge in [0.25, 0.3) is 0 Å². The number of hydrogen-bond donors (Lipinski definition) is 3. The SMILES string of the molecule is O=C(Cc1ccc2ccccc2c1)NC(CO)C(=O)NC1CCCCCCCCCCC1. The monoisotopic (exact) mass is 438 g/mol. The largest absolute Gasteiger partial charge is 0.394 e. The Hall–Kier alpha value is -2.40. The maximum atomic E-state index is 12.8. The summed E-state index contributed by atoms with van der Waals surface area (Å²) in [5, 5.41) is 17.8. The molecule has 0 heterocycles. The lowest BCUT2D eigenvalue weighted by atomic mass is 9.97. The highest BCUT2D eigenvalue weighted by Crippen LogP contribution is 2.18. The van der Waals surface area contributed by atoms with Crippen LogP contribution in [-0.4, -0.2) is 35.6 Å². The lowest BCUT2D eigenvalue weighted by molar-refractivity contribution is -0.130. The molecule has 1 aliphatic rings. The first kappa shape index (κ1) is 24.2. The summed E-state index contributed by atoms with van der Waals surface area (Å²) < 4.78 is 0. The van der Waals surface area contributed by atoms with Crippen LogP contribution in [0.5, 0.6) is 0 Å². The molecule has 1 atom stereocenters. The Morgan fingerprint density at radius 3 is 2.06 bits per heavy atom. The van der Waals surface area contributed by atoms with Gasteiger partial charge in [0.1, 0.15) is 6.04 Å². The Morgan fingerprint density at radius 1 is 0.844 bits per heavy atom. The van der Waals surface area contributed by atoms with Crippen molar-refractivity contribution in [3.8, 4) is 0 Å². The van der Waals surface area contributed by atoms with Crippen LogP contribution in [-0.2, 0) is 16.0 Å². The summed E-state index contributed by atoms with van der Waals surface area (Å²) in [4.78, 5) is 25.4. The number of nitrogens with one attached hydrogen (secondary N) is 2. The fourth-order valence-corrected chi connectivity index (χ4v) is 4.58. The first-order chi connectivity index (χ1) is 15.7. The Labute approximate surface area is 192 Å². The van der Waals surface area contributed by atoms with Crippen molar-refractivity contribution in [2.24, 2.45) is 0 Å². The van der Waals surface area contributed by atoms with E-state index in [1.165, 1.54) is 44.9 Å². The molecule has 0 saturated heterocycles. The van der Waals surface area contributed by atoms with Crippen molar-refractivity contribution in [3.63, 3.8) is 0 Å². The summed E-state index contributed by atoms with van der Waals surface area (Å²) in [6.07, 6.45) is 13.3. The number of aliphatic hydroxyl groups is 1. The van der Waals surface area contributed by atoms with Gasteiger partial charge in [-0.05, 0) is 29.2 Å². The van der Waals surface area contributed by atoms with Crippen LogP contribution in [0.1, 0.15) is 76.2 Å². The minimum atomic E-state index is -0.913. The molecule has 5 nitrogen and oxygen atoms in total. The molecular weight excluding hydrogens is 400 g/mol. The fraction of sp³-hybridized carbons (Fsp3) is 0.556. The smallest absolute Gasteiger partial charge is 0.245 e. The standard InChI is InChI=1S/C27H38N2O3/c30-20-25(27(32)28-24-14-8-6-4-2-1-3-5-7-9-15-24)29-26(31)19-21-16-17-22-12-10-11-13-23(22)18-21/h10-13,16-18,24-25,30H,1-9,14-15,19-20H2,(H,28,32)(H,29,31). The number of rotatable bonds is 6. The number of hydrogen-bond acceptors (Lipinski definition) is 3. The van der Waals surface area contributed by atoms with Crippen LogP contribution in [0.3, 0.4) is 0 Å². The van der Waals surface area contributed by atoms with Crippen LogP contribution in [0, 0.1) is 0 Å². The second-order valence-corrected chi connectivity index (χ2v) is 9.13. The zero-order valence-electron chi connectivity index (χ0n) is 19.2. The van der Waals surface area contributed by atoms with Crippen LogP contribution >= 0.6 is 0 Å². The molecule has 0 radical (unpaired) electrons. The van der Waals surface area contributed by atoms with Gasteiger partial charge in [-0.25, -0.2) is 0 Å². The average Bonchev–Trinajstić information content (AvgIpc) is 2.79. The van der Waals surface area contributed by atoms with Gasteiger partial charge in [-0.2, -0.15) is 0 Å². The highest BCUT2D eigenvalue weighted by atomic mass is 16.3. The van der Waals surface area contributed by atoms with Gasteiger partial charge in [-0.15, -0.1) is 0 Å². The minimum Gasteiger partial charge on any atom is -0.394 e. The predicted octanol–water partition coefficient (Wildman–Crippen LogP) is 4.65. The molecule has 174 valence electrons. The van der Waals surface area contributed by atoms with Gasteiger partial charge in [-0.3, -0.25) is 9.59 Å². The molecule has 5 heteroatoms. The third-order valence-corrected chi connectivity index (χ3v) is 6.46. The van der Waals surface area contributed by atoms with Crippen molar-refractivity contribution in [2.45, 2.75) is 89.1 Å². The molecule has 0 bridgehead atoms. The van der Waals surface area contributed by atoms with Crippen molar-refractivity contribution in [1.29, 1.82) is 0 Å². The molecule has 2 aromatic rings. The number of benzene rings is 2. The van der Waals surface area contributed by atoms with Gasteiger partial charge in [0.2, 0.25) is 11.8 Å². The third kappa shape index (κ3) is 7.94. The van der Waals surface area contributed by atoms with E-state index in [2.05, 4.69) is 10.6 Å². The summed E-state index contributed by atoms with van der Waals surface area (Å²) >= 11 is 0. The Kier molecular flexibility index (Phi) is 10.0. The molecule has 2 amide bonds. The van der Waals surface area contributed by atoms with Gasteiger partial charge in [-0.1, -0.05) is 100 Å². The van der Waals surface area contributed by atoms with Gasteiger partial charge in [0, 0.05) is 6.04 Å². The Morgan fingerprint density at radius 2 is 1.44 bits per heavy atom. The maximum Gasteiger partial charge on any atom is 0.245 e. The summed E-state index contributed by atoms with van der Waals surface area (Å²) in [6, 6.07) is 13.1. The number of carbonyl (C=O) groups excluding carboxylic acids is 2. The minimum absolute atomic E-state index is 0.119. The second-order valence-electron chi connectivity index (χ2n) is 9.13. The first-order valence-corrected chi connectivity index (χ1v) is 12.3. The summed E-state index contributed by atoms with van der Waals surface area (Å²) in [7, 11) is 0. The molecule has 1 saturated carbocycles. The van der Waals surface area contributed by atoms with Crippen LogP contribution in [0.2, 0.25) is 0 Å². The van der Waals surface area contributed by atoms with Crippen molar-refractivity contribution in [2.75, 3.05) is 6.61 Å². The molecule has 0 spiro atoms. The number of aliphatic hydroxyl groups excluding tert-OH is 1. The van der Waals surface area contributed by atoms with Crippen molar-refractivity contribution in [3.05, 3.63) is 48.0 Å². The maximum absolute atomic E-state index is 12.8. The van der Waals surface area contributed by atoms with E-state index in [1.807, 2.05) is 42.5 Å². The number of carbonyl (C=O) groups is 2. The van der Waals surface area contributed by atoms with E-state index < -0.39 is 12.6 Å². The Balaban J connectivity index is 1.52. The molecule has 2 aromatic carbocycles. The molecule has 3 N–H and O–H groups in total. The molecular formula is C27H38N2O3. The lowest BCUT2D eigenvalue weighted by Crippen LogP contribution is -2.51. The van der Waals surface area contributed by atoms with E-state index in [4.69, 9.17) is 0 Å². The highest BCUT2D eigenvalue weighted by Gasteiger charge is 2.22. The molecule has 1 aliphatic carbocycles. The molecule has 0 aliphatic heterocycles. The molecule has 32 heavy (non-hydrogen) atoms. The van der Waals surface area contributed by atoms with Crippen LogP contribution < -0.4 is 10.6 Å². The normalized spacial score (nSPS) is 17.7. The van der Waals surface area contributed by atoms with Crippen molar-refractivity contribution in [1.82, 2.24) is 10.6 Å². The van der Waals surface area contributed by atoms with E-state index in [0.29, 0.717) is 0 Å². The quantitative estimate of drug-likeness (QED) is 0.614. The van der Waals surface area contributed by atoms with Crippen LogP contribution in [0.25, 0.3) is 10.8 Å². The van der Waals surface area contributed by atoms with Gasteiger partial charge >= 0.3 is 0 Å². The van der Waals surface area contributed by atoms with Gasteiger partial charge < -0.3 is 15.7 Å². The molecule has 1 unspecified atom stereocenters. The van der Waals surface area contributed by atoms with Gasteiger partial charge in [0.15, 0.2) is 0 Å². The molecule has 3 rings (SSSR count). The lowest BCUT2D eigenvalue weighted by Gasteiger charge is -2.23. The molecule has 1 fully saturated rings. The second kappa shape index (κ2) is 13.2. The van der Waals surface area contributed by atoms with E-state index in [-0.39, 0.29) is 24.3 Å². The Bertz CT molecular complexity index is 855. The molecule has 0 aromatic heterocycles. The third-order valence-electron chi connectivity index (χ3n) is 6.46. The van der Waals surface area contributed by atoms with Gasteiger partial charge in [0.05, 0.1) is 13.0 Å². The van der Waals surface area contributed by atoms with Crippen molar-refractivity contribution >= 4 is 22.6 Å². The summed E-state index contributed by atoms with van der Waals surface area (Å²) in [5.74, 6) is -0.537. The van der Waals surface area contributed by atoms with Crippen molar-refractivity contribution < 1.29 is 14.7 Å². The van der Waals surface area contributed by atoms with E-state index in [0.717, 1.165) is 42.0 Å². The topological polar surface area (TPSA) is 78.4 Å². The first-order valence-electron chi connectivity index (χ1n) is 12.3. The average molecular weight is 439 g/mol. The zero-order valence-corrected chi connectivity index (χ0v) is 19.2.